The van der Waals surface area contributed by atoms with E-state index in [9.17, 15) is 9.59 Å². The van der Waals surface area contributed by atoms with Gasteiger partial charge < -0.3 is 16.0 Å². The first-order chi connectivity index (χ1) is 8.04. The molecule has 1 aromatic heterocycles. The van der Waals surface area contributed by atoms with Crippen LogP contribution in [0.15, 0.2) is 5.38 Å². The van der Waals surface area contributed by atoms with Gasteiger partial charge >= 0.3 is 0 Å². The highest BCUT2D eigenvalue weighted by Gasteiger charge is 2.12. The van der Waals surface area contributed by atoms with Crippen molar-refractivity contribution in [1.82, 2.24) is 15.2 Å². The van der Waals surface area contributed by atoms with Crippen LogP contribution in [0.1, 0.15) is 15.5 Å². The summed E-state index contributed by atoms with van der Waals surface area (Å²) in [6, 6.07) is 0. The second-order valence-corrected chi connectivity index (χ2v) is 4.58. The molecule has 0 aromatic carbocycles. The summed E-state index contributed by atoms with van der Waals surface area (Å²) in [5.41, 5.74) is 5.73. The molecule has 6 nitrogen and oxygen atoms in total. The van der Waals surface area contributed by atoms with E-state index in [1.54, 1.807) is 19.5 Å². The number of carbonyl (C=O) groups excluding carboxylic acids is 2. The topological polar surface area (TPSA) is 88.3 Å². The van der Waals surface area contributed by atoms with Crippen LogP contribution in [0.5, 0.6) is 0 Å². The normalized spacial score (nSPS) is 10.1. The molecule has 2 amide bonds. The average Bonchev–Trinajstić information content (AvgIpc) is 2.74. The van der Waals surface area contributed by atoms with Gasteiger partial charge in [0, 0.05) is 25.9 Å². The molecular weight excluding hydrogens is 240 g/mol. The molecule has 1 aromatic rings. The fourth-order valence-corrected chi connectivity index (χ4v) is 1.85. The van der Waals surface area contributed by atoms with Gasteiger partial charge in [-0.15, -0.1) is 11.3 Å². The van der Waals surface area contributed by atoms with Crippen LogP contribution in [-0.2, 0) is 11.2 Å². The zero-order chi connectivity index (χ0) is 12.8. The molecule has 0 fully saturated rings. The second-order valence-electron chi connectivity index (χ2n) is 3.64. The van der Waals surface area contributed by atoms with Gasteiger partial charge in [0.05, 0.1) is 11.6 Å². The third-order valence-electron chi connectivity index (χ3n) is 2.04. The van der Waals surface area contributed by atoms with Crippen LogP contribution in [0.2, 0.25) is 0 Å². The molecule has 1 rings (SSSR count). The number of nitrogens with two attached hydrogens (primary N) is 1. The maximum atomic E-state index is 11.6. The Hall–Kier alpha value is -1.47. The average molecular weight is 256 g/mol. The number of nitrogens with zero attached hydrogens (tertiary/aromatic N) is 2. The van der Waals surface area contributed by atoms with E-state index >= 15 is 0 Å². The number of aromatic nitrogens is 1. The SMILES string of the molecule is CN(C)C(=O)CNC(=O)c1csc(CCN)n1. The summed E-state index contributed by atoms with van der Waals surface area (Å²) in [6.45, 7) is 0.489. The summed E-state index contributed by atoms with van der Waals surface area (Å²) < 4.78 is 0. The molecule has 0 aliphatic rings. The largest absolute Gasteiger partial charge is 0.347 e. The molecule has 0 unspecified atom stereocenters. The molecule has 0 aliphatic carbocycles. The van der Waals surface area contributed by atoms with Crippen molar-refractivity contribution in [3.8, 4) is 0 Å². The predicted molar refractivity (Wildman–Crippen MR) is 65.9 cm³/mol. The van der Waals surface area contributed by atoms with Crippen molar-refractivity contribution in [3.05, 3.63) is 16.1 Å². The van der Waals surface area contributed by atoms with E-state index in [0.717, 1.165) is 5.01 Å². The zero-order valence-electron chi connectivity index (χ0n) is 9.90. The molecule has 0 spiro atoms. The lowest BCUT2D eigenvalue weighted by molar-refractivity contribution is -0.127. The van der Waals surface area contributed by atoms with Crippen LogP contribution in [0.4, 0.5) is 0 Å². The lowest BCUT2D eigenvalue weighted by atomic mass is 10.4. The molecule has 0 aliphatic heterocycles. The van der Waals surface area contributed by atoms with E-state index < -0.39 is 0 Å². The van der Waals surface area contributed by atoms with Crippen molar-refractivity contribution in [1.29, 1.82) is 0 Å². The predicted octanol–water partition coefficient (Wildman–Crippen LogP) is -0.538. The minimum absolute atomic E-state index is 0.0183. The standard InChI is InChI=1S/C10H16N4O2S/c1-14(2)9(15)5-12-10(16)7-6-17-8(13-7)3-4-11/h6H,3-5,11H2,1-2H3,(H,12,16). The maximum absolute atomic E-state index is 11.6. The summed E-state index contributed by atoms with van der Waals surface area (Å²) in [5, 5.41) is 5.02. The van der Waals surface area contributed by atoms with E-state index in [1.165, 1.54) is 16.2 Å². The van der Waals surface area contributed by atoms with Crippen molar-refractivity contribution < 1.29 is 9.59 Å². The summed E-state index contributed by atoms with van der Waals surface area (Å²) in [7, 11) is 3.27. The number of hydrogen-bond acceptors (Lipinski definition) is 5. The number of amides is 2. The number of hydrogen-bond donors (Lipinski definition) is 2. The van der Waals surface area contributed by atoms with Gasteiger partial charge in [0.25, 0.3) is 5.91 Å². The molecule has 94 valence electrons. The summed E-state index contributed by atoms with van der Waals surface area (Å²) in [4.78, 5) is 28.4. The number of rotatable bonds is 5. The lowest BCUT2D eigenvalue weighted by Crippen LogP contribution is -2.36. The Kier molecular flexibility index (Phi) is 5.05. The molecule has 1 heterocycles. The van der Waals surface area contributed by atoms with Crippen LogP contribution in [0, 0.1) is 0 Å². The molecular formula is C10H16N4O2S. The number of thiazole rings is 1. The molecule has 7 heteroatoms. The van der Waals surface area contributed by atoms with Gasteiger partial charge in [-0.1, -0.05) is 0 Å². The first-order valence-electron chi connectivity index (χ1n) is 5.17. The Labute approximate surface area is 104 Å². The summed E-state index contributed by atoms with van der Waals surface area (Å²) in [6.07, 6.45) is 0.661. The van der Waals surface area contributed by atoms with Gasteiger partial charge in [-0.05, 0) is 6.54 Å². The van der Waals surface area contributed by atoms with E-state index in [1.807, 2.05) is 0 Å². The first kappa shape index (κ1) is 13.6. The van der Waals surface area contributed by atoms with Gasteiger partial charge in [0.15, 0.2) is 0 Å². The van der Waals surface area contributed by atoms with Crippen molar-refractivity contribution in [2.24, 2.45) is 5.73 Å². The Morgan fingerprint density at radius 2 is 2.24 bits per heavy atom. The highest BCUT2D eigenvalue weighted by Crippen LogP contribution is 2.09. The Balaban J connectivity index is 2.49. The second kappa shape index (κ2) is 6.31. The van der Waals surface area contributed by atoms with Crippen molar-refractivity contribution in [2.75, 3.05) is 27.2 Å². The first-order valence-corrected chi connectivity index (χ1v) is 6.05. The van der Waals surface area contributed by atoms with Crippen LogP contribution in [0.3, 0.4) is 0 Å². The number of nitrogens with one attached hydrogen (secondary N) is 1. The van der Waals surface area contributed by atoms with E-state index in [2.05, 4.69) is 10.3 Å². The zero-order valence-corrected chi connectivity index (χ0v) is 10.7. The number of carbonyl (C=O) groups is 2. The smallest absolute Gasteiger partial charge is 0.271 e. The minimum atomic E-state index is -0.334. The third-order valence-corrected chi connectivity index (χ3v) is 2.95. The van der Waals surface area contributed by atoms with E-state index in [4.69, 9.17) is 5.73 Å². The van der Waals surface area contributed by atoms with Gasteiger partial charge in [-0.3, -0.25) is 9.59 Å². The highest BCUT2D eigenvalue weighted by molar-refractivity contribution is 7.09. The lowest BCUT2D eigenvalue weighted by Gasteiger charge is -2.10. The fourth-order valence-electron chi connectivity index (χ4n) is 1.06. The fraction of sp³-hybridized carbons (Fsp3) is 0.500. The molecule has 0 atom stereocenters. The van der Waals surface area contributed by atoms with E-state index in [-0.39, 0.29) is 18.4 Å². The Bertz CT molecular complexity index is 403. The summed E-state index contributed by atoms with van der Waals surface area (Å²) >= 11 is 1.40. The molecule has 3 N–H and O–H groups in total. The van der Waals surface area contributed by atoms with Gasteiger partial charge in [0.2, 0.25) is 5.91 Å². The monoisotopic (exact) mass is 256 g/mol. The van der Waals surface area contributed by atoms with Crippen LogP contribution in [0.25, 0.3) is 0 Å². The molecule has 0 bridgehead atoms. The molecule has 0 saturated heterocycles. The molecule has 17 heavy (non-hydrogen) atoms. The van der Waals surface area contributed by atoms with Crippen molar-refractivity contribution >= 4 is 23.2 Å². The van der Waals surface area contributed by atoms with Crippen molar-refractivity contribution in [2.45, 2.75) is 6.42 Å². The number of likely N-dealkylation sites (N-methyl/N-ethyl adjacent to an activating group) is 1. The summed E-state index contributed by atoms with van der Waals surface area (Å²) in [5.74, 6) is -0.490. The highest BCUT2D eigenvalue weighted by atomic mass is 32.1. The quantitative estimate of drug-likeness (QED) is 0.740. The van der Waals surface area contributed by atoms with Crippen LogP contribution < -0.4 is 11.1 Å². The van der Waals surface area contributed by atoms with Crippen molar-refractivity contribution in [3.63, 3.8) is 0 Å². The van der Waals surface area contributed by atoms with Gasteiger partial charge in [-0.2, -0.15) is 0 Å². The van der Waals surface area contributed by atoms with Gasteiger partial charge in [0.1, 0.15) is 5.69 Å². The van der Waals surface area contributed by atoms with Crippen LogP contribution >= 0.6 is 11.3 Å². The van der Waals surface area contributed by atoms with Gasteiger partial charge in [-0.25, -0.2) is 4.98 Å². The Morgan fingerprint density at radius 1 is 1.53 bits per heavy atom. The maximum Gasteiger partial charge on any atom is 0.271 e. The minimum Gasteiger partial charge on any atom is -0.347 e. The van der Waals surface area contributed by atoms with Crippen LogP contribution in [-0.4, -0.2) is 48.9 Å². The third kappa shape index (κ3) is 4.12. The Morgan fingerprint density at radius 3 is 2.82 bits per heavy atom. The molecule has 0 saturated carbocycles. The van der Waals surface area contributed by atoms with E-state index in [0.29, 0.717) is 18.7 Å². The molecule has 0 radical (unpaired) electrons.